The highest BCUT2D eigenvalue weighted by Gasteiger charge is 2.32. The van der Waals surface area contributed by atoms with Gasteiger partial charge in [-0.3, -0.25) is 9.59 Å². The molecular formula is C15H19F3N2O2. The van der Waals surface area contributed by atoms with E-state index in [9.17, 15) is 22.8 Å². The molecule has 2 amide bonds. The molecule has 0 bridgehead atoms. The number of benzene rings is 1. The summed E-state index contributed by atoms with van der Waals surface area (Å²) >= 11 is 0. The van der Waals surface area contributed by atoms with Crippen molar-refractivity contribution in [3.8, 4) is 0 Å². The number of carbonyl (C=O) groups is 2. The van der Waals surface area contributed by atoms with Crippen LogP contribution in [-0.4, -0.2) is 28.8 Å². The zero-order valence-electron chi connectivity index (χ0n) is 12.9. The minimum Gasteiger partial charge on any atom is -0.330 e. The zero-order chi connectivity index (χ0) is 17.1. The Kier molecular flexibility index (Phi) is 5.22. The number of halogens is 3. The summed E-state index contributed by atoms with van der Waals surface area (Å²) in [5.74, 6) is -1.75. The maximum absolute atomic E-state index is 12.6. The first kappa shape index (κ1) is 18.0. The molecule has 0 radical (unpaired) electrons. The first-order valence-corrected chi connectivity index (χ1v) is 6.77. The summed E-state index contributed by atoms with van der Waals surface area (Å²) < 4.78 is 37.8. The second-order valence-corrected chi connectivity index (χ2v) is 5.75. The van der Waals surface area contributed by atoms with Crippen LogP contribution >= 0.6 is 0 Å². The van der Waals surface area contributed by atoms with Crippen molar-refractivity contribution in [2.45, 2.75) is 39.4 Å². The van der Waals surface area contributed by atoms with Crippen molar-refractivity contribution in [3.05, 3.63) is 29.8 Å². The predicted octanol–water partition coefficient (Wildman–Crippen LogP) is 3.29. The topological polar surface area (TPSA) is 49.4 Å². The van der Waals surface area contributed by atoms with Crippen molar-refractivity contribution < 1.29 is 22.8 Å². The Hall–Kier alpha value is -2.05. The van der Waals surface area contributed by atoms with E-state index in [1.807, 2.05) is 0 Å². The predicted molar refractivity (Wildman–Crippen MR) is 77.2 cm³/mol. The van der Waals surface area contributed by atoms with Gasteiger partial charge in [-0.25, -0.2) is 0 Å². The van der Waals surface area contributed by atoms with Gasteiger partial charge in [-0.2, -0.15) is 13.2 Å². The van der Waals surface area contributed by atoms with Gasteiger partial charge in [-0.1, -0.05) is 6.07 Å². The Balaban J connectivity index is 2.91. The quantitative estimate of drug-likeness (QED) is 0.851. The molecule has 22 heavy (non-hydrogen) atoms. The first-order chi connectivity index (χ1) is 9.96. The summed E-state index contributed by atoms with van der Waals surface area (Å²) in [6, 6.07) is 4.15. The van der Waals surface area contributed by atoms with Gasteiger partial charge in [0.1, 0.15) is 0 Å². The zero-order valence-corrected chi connectivity index (χ0v) is 12.9. The van der Waals surface area contributed by atoms with E-state index >= 15 is 0 Å². The molecule has 122 valence electrons. The smallest absolute Gasteiger partial charge is 0.330 e. The Bertz CT molecular complexity index is 563. The molecule has 1 rings (SSSR count). The van der Waals surface area contributed by atoms with E-state index in [4.69, 9.17) is 0 Å². The Labute approximate surface area is 127 Å². The summed E-state index contributed by atoms with van der Waals surface area (Å²) in [5, 5.41) is 2.21. The van der Waals surface area contributed by atoms with Crippen LogP contribution in [0.4, 0.5) is 18.9 Å². The molecule has 0 aromatic heterocycles. The van der Waals surface area contributed by atoms with Crippen LogP contribution in [0.15, 0.2) is 24.3 Å². The van der Waals surface area contributed by atoms with Gasteiger partial charge in [0.05, 0.1) is 5.56 Å². The number of nitrogens with zero attached hydrogens (tertiary/aromatic N) is 1. The van der Waals surface area contributed by atoms with Crippen molar-refractivity contribution in [1.29, 1.82) is 0 Å². The van der Waals surface area contributed by atoms with Gasteiger partial charge in [0, 0.05) is 17.8 Å². The number of nitrogens with one attached hydrogen (secondary N) is 1. The van der Waals surface area contributed by atoms with Crippen molar-refractivity contribution in [2.75, 3.05) is 11.9 Å². The van der Waals surface area contributed by atoms with Gasteiger partial charge in [-0.05, 0) is 45.9 Å². The van der Waals surface area contributed by atoms with Crippen LogP contribution < -0.4 is 5.32 Å². The maximum atomic E-state index is 12.6. The molecule has 0 heterocycles. The molecule has 1 aromatic carbocycles. The fourth-order valence-corrected chi connectivity index (χ4v) is 2.00. The molecule has 0 aliphatic heterocycles. The van der Waals surface area contributed by atoms with Gasteiger partial charge < -0.3 is 10.2 Å². The summed E-state index contributed by atoms with van der Waals surface area (Å²) in [5.41, 5.74) is -1.52. The fraction of sp³-hybridized carbons (Fsp3) is 0.467. The van der Waals surface area contributed by atoms with Gasteiger partial charge >= 0.3 is 18.0 Å². The highest BCUT2D eigenvalue weighted by atomic mass is 19.4. The highest BCUT2D eigenvalue weighted by molar-refractivity contribution is 6.39. The number of carbonyl (C=O) groups excluding carboxylic acids is 2. The second-order valence-electron chi connectivity index (χ2n) is 5.75. The molecule has 0 spiro atoms. The van der Waals surface area contributed by atoms with Crippen molar-refractivity contribution in [2.24, 2.45) is 0 Å². The molecule has 0 saturated heterocycles. The van der Waals surface area contributed by atoms with E-state index in [1.165, 1.54) is 17.0 Å². The number of alkyl halides is 3. The molecule has 1 aromatic rings. The van der Waals surface area contributed by atoms with Crippen molar-refractivity contribution in [1.82, 2.24) is 4.90 Å². The van der Waals surface area contributed by atoms with Gasteiger partial charge in [0.15, 0.2) is 0 Å². The number of amides is 2. The highest BCUT2D eigenvalue weighted by Crippen LogP contribution is 2.30. The van der Waals surface area contributed by atoms with Crippen molar-refractivity contribution >= 4 is 17.5 Å². The molecule has 0 unspecified atom stereocenters. The largest absolute Gasteiger partial charge is 0.416 e. The molecule has 7 heteroatoms. The lowest BCUT2D eigenvalue weighted by atomic mass is 10.1. The van der Waals surface area contributed by atoms with Crippen LogP contribution in [0.1, 0.15) is 33.3 Å². The molecule has 1 N–H and O–H groups in total. The summed E-state index contributed by atoms with van der Waals surface area (Å²) in [6.45, 7) is 7.35. The van der Waals surface area contributed by atoms with E-state index in [0.717, 1.165) is 12.1 Å². The maximum Gasteiger partial charge on any atom is 0.416 e. The van der Waals surface area contributed by atoms with Crippen LogP contribution in [-0.2, 0) is 15.8 Å². The number of likely N-dealkylation sites (N-methyl/N-ethyl adjacent to an activating group) is 1. The first-order valence-electron chi connectivity index (χ1n) is 6.77. The normalized spacial score (nSPS) is 12.0. The monoisotopic (exact) mass is 316 g/mol. The Morgan fingerprint density at radius 1 is 1.18 bits per heavy atom. The van der Waals surface area contributed by atoms with E-state index in [0.29, 0.717) is 6.54 Å². The molecule has 0 fully saturated rings. The molecule has 4 nitrogen and oxygen atoms in total. The van der Waals surface area contributed by atoms with Crippen molar-refractivity contribution in [3.63, 3.8) is 0 Å². The minimum atomic E-state index is -4.51. The Morgan fingerprint density at radius 3 is 2.23 bits per heavy atom. The average molecular weight is 316 g/mol. The van der Waals surface area contributed by atoms with Crippen LogP contribution in [0.25, 0.3) is 0 Å². The van der Waals surface area contributed by atoms with E-state index < -0.39 is 29.1 Å². The summed E-state index contributed by atoms with van der Waals surface area (Å²) in [7, 11) is 0. The van der Waals surface area contributed by atoms with Gasteiger partial charge in [-0.15, -0.1) is 0 Å². The summed E-state index contributed by atoms with van der Waals surface area (Å²) in [6.07, 6.45) is -4.51. The van der Waals surface area contributed by atoms with Crippen LogP contribution in [0.2, 0.25) is 0 Å². The lowest BCUT2D eigenvalue weighted by molar-refractivity contribution is -0.146. The molecule has 0 aliphatic rings. The third kappa shape index (κ3) is 4.47. The fourth-order valence-electron chi connectivity index (χ4n) is 2.00. The summed E-state index contributed by atoms with van der Waals surface area (Å²) in [4.78, 5) is 25.4. The van der Waals surface area contributed by atoms with Crippen LogP contribution in [0, 0.1) is 0 Å². The molecular weight excluding hydrogens is 297 g/mol. The average Bonchev–Trinajstić information content (AvgIpc) is 2.37. The second kappa shape index (κ2) is 6.37. The third-order valence-electron chi connectivity index (χ3n) is 3.01. The van der Waals surface area contributed by atoms with Crippen LogP contribution in [0.3, 0.4) is 0 Å². The molecule has 0 saturated carbocycles. The number of hydrogen-bond donors (Lipinski definition) is 1. The van der Waals surface area contributed by atoms with Gasteiger partial charge in [0.25, 0.3) is 0 Å². The number of hydrogen-bond acceptors (Lipinski definition) is 2. The molecule has 0 aliphatic carbocycles. The van der Waals surface area contributed by atoms with E-state index in [-0.39, 0.29) is 5.69 Å². The standard InChI is InChI=1S/C15H19F3N2O2/c1-5-20(14(2,3)4)13(22)12(21)19-11-8-6-7-10(9-11)15(16,17)18/h6-9H,5H2,1-4H3,(H,19,21). The lowest BCUT2D eigenvalue weighted by Crippen LogP contribution is -2.49. The lowest BCUT2D eigenvalue weighted by Gasteiger charge is -2.34. The number of anilines is 1. The van der Waals surface area contributed by atoms with Crippen LogP contribution in [0.5, 0.6) is 0 Å². The third-order valence-corrected chi connectivity index (χ3v) is 3.01. The number of rotatable bonds is 2. The van der Waals surface area contributed by atoms with E-state index in [2.05, 4.69) is 5.32 Å². The van der Waals surface area contributed by atoms with E-state index in [1.54, 1.807) is 27.7 Å². The Morgan fingerprint density at radius 2 is 1.77 bits per heavy atom. The van der Waals surface area contributed by atoms with Gasteiger partial charge in [0.2, 0.25) is 0 Å². The SMILES string of the molecule is CCN(C(=O)C(=O)Nc1cccc(C(F)(F)F)c1)C(C)(C)C. The minimum absolute atomic E-state index is 0.0712. The molecule has 0 atom stereocenters.